The average molecular weight is 246 g/mol. The van der Waals surface area contributed by atoms with Crippen molar-refractivity contribution in [3.8, 4) is 0 Å². The molecule has 0 saturated carbocycles. The maximum Gasteiger partial charge on any atom is 0.168 e. The van der Waals surface area contributed by atoms with Gasteiger partial charge >= 0.3 is 0 Å². The molecular formula is C12H26N2OS. The number of ether oxygens (including phenoxy) is 1. The van der Waals surface area contributed by atoms with Gasteiger partial charge in [-0.2, -0.15) is 0 Å². The highest BCUT2D eigenvalue weighted by Gasteiger charge is 2.13. The summed E-state index contributed by atoms with van der Waals surface area (Å²) in [5.74, 6) is 0.703. The zero-order valence-corrected chi connectivity index (χ0v) is 12.1. The van der Waals surface area contributed by atoms with Crippen LogP contribution in [0.15, 0.2) is 0 Å². The van der Waals surface area contributed by atoms with Gasteiger partial charge in [0.1, 0.15) is 0 Å². The highest BCUT2D eigenvalue weighted by atomic mass is 32.1. The van der Waals surface area contributed by atoms with Crippen molar-refractivity contribution >= 4 is 17.3 Å². The predicted octanol–water partition coefficient (Wildman–Crippen LogP) is 2.26. The minimum absolute atomic E-state index is 0.488. The van der Waals surface area contributed by atoms with Crippen molar-refractivity contribution in [1.82, 2.24) is 10.2 Å². The van der Waals surface area contributed by atoms with Gasteiger partial charge in [0.15, 0.2) is 5.11 Å². The van der Waals surface area contributed by atoms with E-state index in [0.717, 1.165) is 31.1 Å². The summed E-state index contributed by atoms with van der Waals surface area (Å²) < 4.78 is 4.99. The zero-order chi connectivity index (χ0) is 12.6. The number of hydrogen-bond donors (Lipinski definition) is 1. The van der Waals surface area contributed by atoms with Crippen molar-refractivity contribution < 1.29 is 4.74 Å². The Morgan fingerprint density at radius 3 is 2.50 bits per heavy atom. The molecule has 0 aliphatic heterocycles. The van der Waals surface area contributed by atoms with Crippen molar-refractivity contribution in [2.24, 2.45) is 5.92 Å². The third-order valence-electron chi connectivity index (χ3n) is 2.60. The van der Waals surface area contributed by atoms with Gasteiger partial charge in [0.05, 0.1) is 0 Å². The first-order chi connectivity index (χ1) is 7.49. The number of methoxy groups -OCH3 is 1. The second-order valence-corrected chi connectivity index (χ2v) is 5.05. The Labute approximate surface area is 106 Å². The fourth-order valence-corrected chi connectivity index (χ4v) is 1.86. The summed E-state index contributed by atoms with van der Waals surface area (Å²) in [5, 5.41) is 4.09. The molecule has 1 atom stereocenters. The lowest BCUT2D eigenvalue weighted by molar-refractivity contribution is 0.195. The number of nitrogens with one attached hydrogen (secondary N) is 1. The van der Waals surface area contributed by atoms with E-state index >= 15 is 0 Å². The first-order valence-corrected chi connectivity index (χ1v) is 6.39. The predicted molar refractivity (Wildman–Crippen MR) is 73.8 cm³/mol. The van der Waals surface area contributed by atoms with E-state index in [0.29, 0.717) is 12.0 Å². The van der Waals surface area contributed by atoms with Crippen LogP contribution in [0.25, 0.3) is 0 Å². The Morgan fingerprint density at radius 2 is 2.00 bits per heavy atom. The van der Waals surface area contributed by atoms with Crippen molar-refractivity contribution in [1.29, 1.82) is 0 Å². The van der Waals surface area contributed by atoms with Gasteiger partial charge in [-0.15, -0.1) is 0 Å². The van der Waals surface area contributed by atoms with Crippen LogP contribution in [-0.4, -0.2) is 43.4 Å². The highest BCUT2D eigenvalue weighted by Crippen LogP contribution is 2.09. The average Bonchev–Trinajstić information content (AvgIpc) is 2.22. The number of rotatable bonds is 7. The van der Waals surface area contributed by atoms with E-state index in [4.69, 9.17) is 17.0 Å². The molecule has 1 N–H and O–H groups in total. The van der Waals surface area contributed by atoms with Gasteiger partial charge in [-0.05, 0) is 37.9 Å². The summed E-state index contributed by atoms with van der Waals surface area (Å²) >= 11 is 5.33. The molecular weight excluding hydrogens is 220 g/mol. The van der Waals surface area contributed by atoms with Gasteiger partial charge in [0.25, 0.3) is 0 Å². The Bertz CT molecular complexity index is 197. The van der Waals surface area contributed by atoms with Crippen LogP contribution in [0.5, 0.6) is 0 Å². The minimum Gasteiger partial charge on any atom is -0.385 e. The fraction of sp³-hybridized carbons (Fsp3) is 0.917. The first-order valence-electron chi connectivity index (χ1n) is 5.98. The molecule has 0 aliphatic rings. The van der Waals surface area contributed by atoms with E-state index in [9.17, 15) is 0 Å². The summed E-state index contributed by atoms with van der Waals surface area (Å²) in [4.78, 5) is 2.14. The largest absolute Gasteiger partial charge is 0.385 e. The topological polar surface area (TPSA) is 24.5 Å². The van der Waals surface area contributed by atoms with E-state index in [-0.39, 0.29) is 0 Å². The molecule has 3 nitrogen and oxygen atoms in total. The molecule has 0 aromatic carbocycles. The van der Waals surface area contributed by atoms with Crippen LogP contribution in [0.3, 0.4) is 0 Å². The molecule has 0 bridgehead atoms. The Morgan fingerprint density at radius 1 is 1.38 bits per heavy atom. The zero-order valence-electron chi connectivity index (χ0n) is 11.2. The molecule has 0 radical (unpaired) electrons. The normalized spacial score (nSPS) is 12.6. The molecule has 0 fully saturated rings. The van der Waals surface area contributed by atoms with Crippen LogP contribution in [0.1, 0.15) is 33.6 Å². The smallest absolute Gasteiger partial charge is 0.168 e. The molecule has 96 valence electrons. The monoisotopic (exact) mass is 246 g/mol. The first kappa shape index (κ1) is 15.7. The lowest BCUT2D eigenvalue weighted by atomic mass is 10.0. The number of thiocarbonyl (C=S) groups is 1. The van der Waals surface area contributed by atoms with Crippen LogP contribution >= 0.6 is 12.2 Å². The van der Waals surface area contributed by atoms with Gasteiger partial charge < -0.3 is 15.0 Å². The van der Waals surface area contributed by atoms with Gasteiger partial charge in [-0.3, -0.25) is 0 Å². The van der Waals surface area contributed by atoms with Crippen molar-refractivity contribution in [3.63, 3.8) is 0 Å². The van der Waals surface area contributed by atoms with Gasteiger partial charge in [-0.1, -0.05) is 13.8 Å². The second-order valence-electron chi connectivity index (χ2n) is 4.67. The van der Waals surface area contributed by atoms with E-state index in [1.807, 2.05) is 0 Å². The summed E-state index contributed by atoms with van der Waals surface area (Å²) in [7, 11) is 3.77. The Balaban J connectivity index is 3.79. The maximum absolute atomic E-state index is 5.33. The van der Waals surface area contributed by atoms with E-state index in [2.05, 4.69) is 38.0 Å². The van der Waals surface area contributed by atoms with Crippen molar-refractivity contribution in [2.45, 2.75) is 39.7 Å². The molecule has 0 rings (SSSR count). The van der Waals surface area contributed by atoms with Crippen molar-refractivity contribution in [3.05, 3.63) is 0 Å². The number of nitrogens with zero attached hydrogens (tertiary/aromatic N) is 1. The minimum atomic E-state index is 0.488. The molecule has 0 aromatic rings. The summed E-state index contributed by atoms with van der Waals surface area (Å²) in [5.41, 5.74) is 0. The van der Waals surface area contributed by atoms with E-state index < -0.39 is 0 Å². The van der Waals surface area contributed by atoms with Gasteiger partial charge in [0.2, 0.25) is 0 Å². The van der Waals surface area contributed by atoms with E-state index in [1.54, 1.807) is 7.11 Å². The Kier molecular flexibility index (Phi) is 8.57. The van der Waals surface area contributed by atoms with Gasteiger partial charge in [0, 0.05) is 33.4 Å². The van der Waals surface area contributed by atoms with Crippen molar-refractivity contribution in [2.75, 3.05) is 27.3 Å². The second kappa shape index (κ2) is 8.76. The molecule has 16 heavy (non-hydrogen) atoms. The Hall–Kier alpha value is -0.350. The third-order valence-corrected chi connectivity index (χ3v) is 3.03. The summed E-state index contributed by atoms with van der Waals surface area (Å²) in [6, 6.07) is 0.488. The lowest BCUT2D eigenvalue weighted by Gasteiger charge is -2.29. The molecule has 0 aliphatic carbocycles. The molecule has 0 aromatic heterocycles. The quantitative estimate of drug-likeness (QED) is 0.550. The van der Waals surface area contributed by atoms with Crippen LogP contribution in [0.2, 0.25) is 0 Å². The van der Waals surface area contributed by atoms with E-state index in [1.165, 1.54) is 0 Å². The molecule has 0 spiro atoms. The number of hydrogen-bond acceptors (Lipinski definition) is 2. The maximum atomic E-state index is 5.33. The van der Waals surface area contributed by atoms with Crippen LogP contribution < -0.4 is 5.32 Å². The van der Waals surface area contributed by atoms with Crippen LogP contribution in [0, 0.1) is 5.92 Å². The third kappa shape index (κ3) is 7.01. The SMILES string of the molecule is COCCCNC(=S)N(C)C(C)CC(C)C. The highest BCUT2D eigenvalue weighted by molar-refractivity contribution is 7.80. The van der Waals surface area contributed by atoms with Gasteiger partial charge in [-0.25, -0.2) is 0 Å². The molecule has 0 saturated heterocycles. The van der Waals surface area contributed by atoms with Crippen LogP contribution in [-0.2, 0) is 4.74 Å². The lowest BCUT2D eigenvalue weighted by Crippen LogP contribution is -2.43. The summed E-state index contributed by atoms with van der Waals surface area (Å²) in [6.07, 6.45) is 2.15. The molecule has 1 unspecified atom stereocenters. The molecule has 0 amide bonds. The molecule has 4 heteroatoms. The standard InChI is InChI=1S/C12H26N2OS/c1-10(2)9-11(3)14(4)12(16)13-7-6-8-15-5/h10-11H,6-9H2,1-5H3,(H,13,16). The summed E-state index contributed by atoms with van der Waals surface area (Å²) in [6.45, 7) is 8.34. The molecule has 0 heterocycles. The fourth-order valence-electron chi connectivity index (χ4n) is 1.58. The van der Waals surface area contributed by atoms with Crippen LogP contribution in [0.4, 0.5) is 0 Å².